The highest BCUT2D eigenvalue weighted by Crippen LogP contribution is 2.33. The Bertz CT molecular complexity index is 1160. The van der Waals surface area contributed by atoms with Gasteiger partial charge in [-0.1, -0.05) is 41.9 Å². The topological polar surface area (TPSA) is 108 Å². The van der Waals surface area contributed by atoms with E-state index >= 15 is 0 Å². The van der Waals surface area contributed by atoms with Crippen LogP contribution in [-0.2, 0) is 14.3 Å². The normalized spacial score (nSPS) is 13.3. The molecule has 0 bridgehead atoms. The van der Waals surface area contributed by atoms with Gasteiger partial charge in [0.15, 0.2) is 0 Å². The number of aliphatic hydroxyl groups excluding tert-OH is 1. The van der Waals surface area contributed by atoms with Gasteiger partial charge in [0.2, 0.25) is 5.91 Å². The van der Waals surface area contributed by atoms with Crippen molar-refractivity contribution in [3.8, 4) is 0 Å². The number of aryl methyl sites for hydroxylation is 3. The molecule has 3 N–H and O–H groups in total. The molecule has 0 saturated heterocycles. The molecule has 0 saturated carbocycles. The van der Waals surface area contributed by atoms with Crippen LogP contribution in [0.2, 0.25) is 5.02 Å². The monoisotopic (exact) mass is 545 g/mol. The number of carbonyl (C=O) groups is 3. The van der Waals surface area contributed by atoms with Crippen molar-refractivity contribution in [3.05, 3.63) is 63.7 Å². The van der Waals surface area contributed by atoms with Gasteiger partial charge in [-0.15, -0.1) is 0 Å². The summed E-state index contributed by atoms with van der Waals surface area (Å²) in [5.74, 6) is -1.12. The number of hydrogen-bond donors (Lipinski definition) is 3. The Balaban J connectivity index is 2.61. The summed E-state index contributed by atoms with van der Waals surface area (Å²) in [6, 6.07) is 8.39. The maximum atomic E-state index is 14.0. The van der Waals surface area contributed by atoms with E-state index in [1.165, 1.54) is 4.90 Å². The average Bonchev–Trinajstić information content (AvgIpc) is 2.77. The third kappa shape index (κ3) is 7.95. The number of aliphatic hydroxyl groups is 1. The summed E-state index contributed by atoms with van der Waals surface area (Å²) < 4.78 is 5.29. The van der Waals surface area contributed by atoms with Crippen LogP contribution in [0.15, 0.2) is 36.4 Å². The van der Waals surface area contributed by atoms with Gasteiger partial charge in [0.1, 0.15) is 17.7 Å². The number of para-hydroxylation sites is 1. The molecule has 2 atom stereocenters. The highest BCUT2D eigenvalue weighted by molar-refractivity contribution is 6.34. The first-order valence-corrected chi connectivity index (χ1v) is 12.9. The summed E-state index contributed by atoms with van der Waals surface area (Å²) in [6.45, 7) is 15.5. The molecule has 0 radical (unpaired) electrons. The predicted octanol–water partition coefficient (Wildman–Crippen LogP) is 5.46. The first-order valence-electron chi connectivity index (χ1n) is 12.5. The molecule has 8 nitrogen and oxygen atoms in total. The van der Waals surface area contributed by atoms with Crippen LogP contribution in [0.3, 0.4) is 0 Å². The number of alkyl carbamates (subject to hydrolysis) is 1. The average molecular weight is 546 g/mol. The van der Waals surface area contributed by atoms with Crippen molar-refractivity contribution >= 4 is 35.2 Å². The van der Waals surface area contributed by atoms with Crippen LogP contribution in [0.1, 0.15) is 69.8 Å². The Kier molecular flexibility index (Phi) is 9.97. The highest BCUT2D eigenvalue weighted by atomic mass is 35.5. The second-order valence-corrected chi connectivity index (χ2v) is 11.8. The van der Waals surface area contributed by atoms with Crippen LogP contribution in [0, 0.1) is 20.8 Å². The van der Waals surface area contributed by atoms with E-state index in [2.05, 4.69) is 10.6 Å². The molecular formula is C29H40ClN3O5. The van der Waals surface area contributed by atoms with Gasteiger partial charge in [-0.05, 0) is 90.6 Å². The zero-order valence-electron chi connectivity index (χ0n) is 23.7. The number of hydrogen-bond acceptors (Lipinski definition) is 5. The fourth-order valence-electron chi connectivity index (χ4n) is 3.98. The first kappa shape index (κ1) is 31.1. The largest absolute Gasteiger partial charge is 0.444 e. The lowest BCUT2D eigenvalue weighted by atomic mass is 9.93. The lowest BCUT2D eigenvalue weighted by Crippen LogP contribution is -2.59. The van der Waals surface area contributed by atoms with Crippen molar-refractivity contribution in [2.45, 2.75) is 85.5 Å². The van der Waals surface area contributed by atoms with Crippen LogP contribution < -0.4 is 10.6 Å². The minimum absolute atomic E-state index is 0.366. The number of anilines is 1. The molecule has 3 amide bonds. The molecule has 208 valence electrons. The van der Waals surface area contributed by atoms with Gasteiger partial charge in [-0.2, -0.15) is 0 Å². The summed E-state index contributed by atoms with van der Waals surface area (Å²) in [6.07, 6.45) is -0.849. The van der Waals surface area contributed by atoms with Crippen LogP contribution in [-0.4, -0.2) is 51.7 Å². The Morgan fingerprint density at radius 2 is 1.61 bits per heavy atom. The maximum absolute atomic E-state index is 14.0. The lowest BCUT2D eigenvalue weighted by Gasteiger charge is -2.43. The molecule has 0 fully saturated rings. The first-order chi connectivity index (χ1) is 17.5. The van der Waals surface area contributed by atoms with Crippen molar-refractivity contribution in [1.82, 2.24) is 10.2 Å². The molecule has 2 rings (SSSR count). The Morgan fingerprint density at radius 3 is 2.11 bits per heavy atom. The number of rotatable bonds is 7. The Hall–Kier alpha value is -3.10. The van der Waals surface area contributed by atoms with E-state index in [9.17, 15) is 19.5 Å². The molecule has 0 heterocycles. The molecule has 9 heteroatoms. The number of amides is 3. The third-order valence-electron chi connectivity index (χ3n) is 5.96. The van der Waals surface area contributed by atoms with Gasteiger partial charge in [0, 0.05) is 5.54 Å². The standard InChI is InChI=1S/C29H40ClN3O5/c1-17-13-14-20(15-19(17)3)24(25(35)32-23-18(2)11-10-12-21(23)30)33(28(4,5)6)26(36)22(16-34)31-27(37)38-29(7,8)9/h10-15,22,24,34H,16H2,1-9H3,(H,31,37)(H,32,35). The summed E-state index contributed by atoms with van der Waals surface area (Å²) in [4.78, 5) is 41.8. The van der Waals surface area contributed by atoms with Crippen molar-refractivity contribution in [3.63, 3.8) is 0 Å². The summed E-state index contributed by atoms with van der Waals surface area (Å²) >= 11 is 6.40. The number of nitrogens with zero attached hydrogens (tertiary/aromatic N) is 1. The van der Waals surface area contributed by atoms with Crippen LogP contribution in [0.5, 0.6) is 0 Å². The SMILES string of the molecule is Cc1ccc(C(C(=O)Nc2c(C)cccc2Cl)N(C(=O)C(CO)NC(=O)OC(C)(C)C)C(C)(C)C)cc1C. The van der Waals surface area contributed by atoms with Crippen LogP contribution in [0.4, 0.5) is 10.5 Å². The van der Waals surface area contributed by atoms with Crippen molar-refractivity contribution in [2.75, 3.05) is 11.9 Å². The highest BCUT2D eigenvalue weighted by Gasteiger charge is 2.42. The molecule has 2 aromatic carbocycles. The quantitative estimate of drug-likeness (QED) is 0.428. The molecule has 0 aliphatic heterocycles. The molecule has 0 aliphatic rings. The Morgan fingerprint density at radius 1 is 0.974 bits per heavy atom. The van der Waals surface area contributed by atoms with E-state index in [-0.39, 0.29) is 0 Å². The molecule has 2 unspecified atom stereocenters. The van der Waals surface area contributed by atoms with Crippen molar-refractivity contribution in [1.29, 1.82) is 0 Å². The zero-order chi connectivity index (χ0) is 29.0. The predicted molar refractivity (Wildman–Crippen MR) is 150 cm³/mol. The van der Waals surface area contributed by atoms with E-state index in [0.29, 0.717) is 16.3 Å². The van der Waals surface area contributed by atoms with E-state index < -0.39 is 47.7 Å². The number of halogens is 1. The van der Waals surface area contributed by atoms with Crippen LogP contribution in [0.25, 0.3) is 0 Å². The van der Waals surface area contributed by atoms with Crippen LogP contribution >= 0.6 is 11.6 Å². The molecule has 2 aromatic rings. The summed E-state index contributed by atoms with van der Waals surface area (Å²) in [5.41, 5.74) is 2.07. The molecule has 0 aromatic heterocycles. The minimum Gasteiger partial charge on any atom is -0.444 e. The van der Waals surface area contributed by atoms with Gasteiger partial charge in [-0.3, -0.25) is 9.59 Å². The minimum atomic E-state index is -1.34. The zero-order valence-corrected chi connectivity index (χ0v) is 24.5. The number of benzene rings is 2. The number of nitrogens with one attached hydrogen (secondary N) is 2. The van der Waals surface area contributed by atoms with Gasteiger partial charge in [0.05, 0.1) is 17.3 Å². The second-order valence-electron chi connectivity index (χ2n) is 11.4. The van der Waals surface area contributed by atoms with E-state index in [1.807, 2.05) is 39.0 Å². The fourth-order valence-corrected chi connectivity index (χ4v) is 4.25. The lowest BCUT2D eigenvalue weighted by molar-refractivity contribution is -0.147. The summed E-state index contributed by atoms with van der Waals surface area (Å²) in [5, 5.41) is 15.8. The number of ether oxygens (including phenoxy) is 1. The van der Waals surface area contributed by atoms with Gasteiger partial charge in [0.25, 0.3) is 5.91 Å². The van der Waals surface area contributed by atoms with E-state index in [1.54, 1.807) is 59.7 Å². The van der Waals surface area contributed by atoms with Crippen molar-refractivity contribution in [2.24, 2.45) is 0 Å². The van der Waals surface area contributed by atoms with Crippen molar-refractivity contribution < 1.29 is 24.2 Å². The second kappa shape index (κ2) is 12.2. The Labute approximate surface area is 230 Å². The molecule has 0 aliphatic carbocycles. The van der Waals surface area contributed by atoms with E-state index in [0.717, 1.165) is 16.7 Å². The van der Waals surface area contributed by atoms with E-state index in [4.69, 9.17) is 16.3 Å². The van der Waals surface area contributed by atoms with Gasteiger partial charge in [-0.25, -0.2) is 4.79 Å². The molecular weight excluding hydrogens is 506 g/mol. The maximum Gasteiger partial charge on any atom is 0.408 e. The molecule has 38 heavy (non-hydrogen) atoms. The smallest absolute Gasteiger partial charge is 0.408 e. The third-order valence-corrected chi connectivity index (χ3v) is 6.27. The fraction of sp³-hybridized carbons (Fsp3) is 0.483. The molecule has 0 spiro atoms. The summed E-state index contributed by atoms with van der Waals surface area (Å²) in [7, 11) is 0. The number of carbonyl (C=O) groups excluding carboxylic acids is 3. The van der Waals surface area contributed by atoms with Gasteiger partial charge >= 0.3 is 6.09 Å². The van der Waals surface area contributed by atoms with Gasteiger partial charge < -0.3 is 25.4 Å².